The molecule has 1 aromatic carbocycles. The van der Waals surface area contributed by atoms with Gasteiger partial charge in [-0.3, -0.25) is 4.98 Å². The summed E-state index contributed by atoms with van der Waals surface area (Å²) >= 11 is 0. The number of pyridine rings is 1. The largest absolute Gasteiger partial charge is 0.497 e. The average molecular weight is 341 g/mol. The van der Waals surface area contributed by atoms with Gasteiger partial charge in [0.2, 0.25) is 0 Å². The van der Waals surface area contributed by atoms with Crippen molar-refractivity contribution in [3.05, 3.63) is 54.4 Å². The van der Waals surface area contributed by atoms with Crippen LogP contribution in [0.5, 0.6) is 11.5 Å². The fourth-order valence-electron chi connectivity index (χ4n) is 2.94. The summed E-state index contributed by atoms with van der Waals surface area (Å²) in [5, 5.41) is 3.35. The number of aromatic nitrogens is 1. The van der Waals surface area contributed by atoms with E-state index in [2.05, 4.69) is 16.4 Å². The molecule has 2 aromatic rings. The Morgan fingerprint density at radius 1 is 1.28 bits per heavy atom. The van der Waals surface area contributed by atoms with Gasteiger partial charge in [-0.25, -0.2) is 4.79 Å². The number of rotatable bonds is 5. The third-order valence-electron chi connectivity index (χ3n) is 4.34. The number of nitrogens with zero attached hydrogens (tertiary/aromatic N) is 2. The molecule has 1 saturated heterocycles. The van der Waals surface area contributed by atoms with Crippen LogP contribution in [-0.2, 0) is 6.42 Å². The van der Waals surface area contributed by atoms with Crippen LogP contribution in [0.2, 0.25) is 0 Å². The van der Waals surface area contributed by atoms with E-state index in [-0.39, 0.29) is 12.1 Å². The van der Waals surface area contributed by atoms with Gasteiger partial charge >= 0.3 is 6.09 Å². The number of ether oxygens (including phenoxy) is 2. The van der Waals surface area contributed by atoms with Crippen molar-refractivity contribution in [2.24, 2.45) is 0 Å². The van der Waals surface area contributed by atoms with Gasteiger partial charge in [0.05, 0.1) is 7.11 Å². The van der Waals surface area contributed by atoms with Crippen molar-refractivity contribution in [1.82, 2.24) is 15.2 Å². The minimum Gasteiger partial charge on any atom is -0.497 e. The summed E-state index contributed by atoms with van der Waals surface area (Å²) in [7, 11) is 1.61. The van der Waals surface area contributed by atoms with E-state index >= 15 is 0 Å². The molecule has 0 bridgehead atoms. The van der Waals surface area contributed by atoms with Gasteiger partial charge in [0.25, 0.3) is 0 Å². The highest BCUT2D eigenvalue weighted by Gasteiger charge is 2.27. The van der Waals surface area contributed by atoms with Crippen LogP contribution in [-0.4, -0.2) is 48.8 Å². The lowest BCUT2D eigenvalue weighted by Crippen LogP contribution is -2.54. The summed E-state index contributed by atoms with van der Waals surface area (Å²) in [6.07, 6.45) is 5.09. The maximum Gasteiger partial charge on any atom is 0.415 e. The fourth-order valence-corrected chi connectivity index (χ4v) is 2.94. The molecule has 6 heteroatoms. The van der Waals surface area contributed by atoms with Crippen molar-refractivity contribution in [3.63, 3.8) is 0 Å². The van der Waals surface area contributed by atoms with Crippen molar-refractivity contribution in [1.29, 1.82) is 0 Å². The Hall–Kier alpha value is -2.60. The molecule has 0 aliphatic carbocycles. The summed E-state index contributed by atoms with van der Waals surface area (Å²) in [5.41, 5.74) is 1.18. The van der Waals surface area contributed by atoms with Crippen LogP contribution in [0.25, 0.3) is 0 Å². The molecule has 1 amide bonds. The molecule has 1 atom stereocenters. The predicted octanol–water partition coefficient (Wildman–Crippen LogP) is 2.50. The summed E-state index contributed by atoms with van der Waals surface area (Å²) < 4.78 is 10.6. The molecular weight excluding hydrogens is 318 g/mol. The maximum absolute atomic E-state index is 12.6. The number of aryl methyl sites for hydroxylation is 1. The number of carbonyl (C=O) groups is 1. The monoisotopic (exact) mass is 341 g/mol. The Labute approximate surface area is 147 Å². The summed E-state index contributed by atoms with van der Waals surface area (Å²) in [6, 6.07) is 11.1. The first-order chi connectivity index (χ1) is 12.3. The molecule has 6 nitrogen and oxygen atoms in total. The second-order valence-corrected chi connectivity index (χ2v) is 5.99. The molecule has 3 rings (SSSR count). The third-order valence-corrected chi connectivity index (χ3v) is 4.34. The normalized spacial score (nSPS) is 17.2. The number of hydrogen-bond donors (Lipinski definition) is 1. The second kappa shape index (κ2) is 8.48. The van der Waals surface area contributed by atoms with E-state index < -0.39 is 0 Å². The van der Waals surface area contributed by atoms with Gasteiger partial charge in [-0.15, -0.1) is 0 Å². The smallest absolute Gasteiger partial charge is 0.415 e. The van der Waals surface area contributed by atoms with Gasteiger partial charge in [-0.2, -0.15) is 0 Å². The lowest BCUT2D eigenvalue weighted by molar-refractivity contribution is 0.115. The van der Waals surface area contributed by atoms with E-state index in [1.54, 1.807) is 37.6 Å². The SMILES string of the molecule is COc1ccc(OC(=O)N2CCNCC2CCc2cccnc2)cc1. The molecule has 25 heavy (non-hydrogen) atoms. The second-order valence-electron chi connectivity index (χ2n) is 5.99. The van der Waals surface area contributed by atoms with Crippen LogP contribution in [0.1, 0.15) is 12.0 Å². The van der Waals surface area contributed by atoms with Gasteiger partial charge in [0, 0.05) is 38.1 Å². The highest BCUT2D eigenvalue weighted by Crippen LogP contribution is 2.19. The zero-order valence-electron chi connectivity index (χ0n) is 14.4. The summed E-state index contributed by atoms with van der Waals surface area (Å²) in [6.45, 7) is 2.20. The van der Waals surface area contributed by atoms with Crippen molar-refractivity contribution in [2.75, 3.05) is 26.7 Å². The fraction of sp³-hybridized carbons (Fsp3) is 0.368. The first-order valence-electron chi connectivity index (χ1n) is 8.48. The molecule has 1 aliphatic heterocycles. The number of methoxy groups -OCH3 is 1. The zero-order valence-corrected chi connectivity index (χ0v) is 14.4. The van der Waals surface area contributed by atoms with Crippen LogP contribution in [0.4, 0.5) is 4.79 Å². The van der Waals surface area contributed by atoms with Gasteiger partial charge < -0.3 is 19.7 Å². The van der Waals surface area contributed by atoms with E-state index in [1.165, 1.54) is 5.56 Å². The van der Waals surface area contributed by atoms with Crippen LogP contribution >= 0.6 is 0 Å². The molecule has 0 spiro atoms. The van der Waals surface area contributed by atoms with Crippen molar-refractivity contribution in [2.45, 2.75) is 18.9 Å². The average Bonchev–Trinajstić information content (AvgIpc) is 2.68. The predicted molar refractivity (Wildman–Crippen MR) is 94.9 cm³/mol. The van der Waals surface area contributed by atoms with E-state index in [0.717, 1.165) is 31.7 Å². The summed E-state index contributed by atoms with van der Waals surface area (Å²) in [4.78, 5) is 18.5. The first kappa shape index (κ1) is 17.2. The highest BCUT2D eigenvalue weighted by molar-refractivity contribution is 5.71. The third kappa shape index (κ3) is 4.70. The number of carbonyl (C=O) groups excluding carboxylic acids is 1. The molecule has 1 unspecified atom stereocenters. The molecular formula is C19H23N3O3. The van der Waals surface area contributed by atoms with Crippen LogP contribution in [0, 0.1) is 0 Å². The summed E-state index contributed by atoms with van der Waals surface area (Å²) in [5.74, 6) is 1.26. The number of benzene rings is 1. The van der Waals surface area contributed by atoms with Crippen molar-refractivity contribution >= 4 is 6.09 Å². The van der Waals surface area contributed by atoms with E-state index in [1.807, 2.05) is 17.2 Å². The molecule has 0 radical (unpaired) electrons. The Morgan fingerprint density at radius 2 is 2.08 bits per heavy atom. The van der Waals surface area contributed by atoms with E-state index in [0.29, 0.717) is 12.3 Å². The lowest BCUT2D eigenvalue weighted by Gasteiger charge is -2.35. The Balaban J connectivity index is 1.60. The first-order valence-corrected chi connectivity index (χ1v) is 8.48. The minimum absolute atomic E-state index is 0.111. The van der Waals surface area contributed by atoms with E-state index in [4.69, 9.17) is 9.47 Å². The van der Waals surface area contributed by atoms with Gasteiger partial charge in [0.1, 0.15) is 11.5 Å². The van der Waals surface area contributed by atoms with Crippen molar-refractivity contribution in [3.8, 4) is 11.5 Å². The van der Waals surface area contributed by atoms with E-state index in [9.17, 15) is 4.79 Å². The highest BCUT2D eigenvalue weighted by atomic mass is 16.6. The number of piperazine rings is 1. The van der Waals surface area contributed by atoms with Crippen LogP contribution in [0.3, 0.4) is 0 Å². The zero-order chi connectivity index (χ0) is 17.5. The number of nitrogens with one attached hydrogen (secondary N) is 1. The number of hydrogen-bond acceptors (Lipinski definition) is 5. The Bertz CT molecular complexity index is 676. The molecule has 1 fully saturated rings. The van der Waals surface area contributed by atoms with Crippen LogP contribution < -0.4 is 14.8 Å². The lowest BCUT2D eigenvalue weighted by atomic mass is 10.0. The topological polar surface area (TPSA) is 63.7 Å². The quantitative estimate of drug-likeness (QED) is 0.905. The number of amides is 1. The molecule has 1 N–H and O–H groups in total. The van der Waals surface area contributed by atoms with Crippen molar-refractivity contribution < 1.29 is 14.3 Å². The molecule has 1 aliphatic rings. The molecule has 132 valence electrons. The minimum atomic E-state index is -0.303. The van der Waals surface area contributed by atoms with Gasteiger partial charge in [-0.1, -0.05) is 6.07 Å². The maximum atomic E-state index is 12.6. The molecule has 1 aromatic heterocycles. The molecule has 0 saturated carbocycles. The Morgan fingerprint density at radius 3 is 2.80 bits per heavy atom. The Kier molecular flexibility index (Phi) is 5.85. The van der Waals surface area contributed by atoms with Gasteiger partial charge in [-0.05, 0) is 48.7 Å². The molecule has 2 heterocycles. The van der Waals surface area contributed by atoms with Gasteiger partial charge in [0.15, 0.2) is 0 Å². The van der Waals surface area contributed by atoms with Crippen LogP contribution in [0.15, 0.2) is 48.8 Å². The standard InChI is InChI=1S/C19H23N3O3/c1-24-17-6-8-18(9-7-17)25-19(23)22-12-11-21-14-16(22)5-4-15-3-2-10-20-13-15/h2-3,6-10,13,16,21H,4-5,11-12,14H2,1H3.